The maximum Gasteiger partial charge on any atom is 0.0724 e. The Hall–Kier alpha value is -2.12. The summed E-state index contributed by atoms with van der Waals surface area (Å²) in [5.41, 5.74) is 4.29. The molecule has 0 fully saturated rings. The molecule has 0 unspecified atom stereocenters. The number of fused-ring (bicyclic) bond motifs is 1. The topological polar surface area (TPSA) is 12.9 Å². The summed E-state index contributed by atoms with van der Waals surface area (Å²) in [6.07, 6.45) is 4.10. The number of benzene rings is 2. The second kappa shape index (κ2) is 5.48. The van der Waals surface area contributed by atoms with Crippen molar-refractivity contribution in [2.45, 2.75) is 6.92 Å². The molecule has 0 saturated heterocycles. The van der Waals surface area contributed by atoms with E-state index in [1.54, 1.807) is 0 Å². The van der Waals surface area contributed by atoms with Gasteiger partial charge in [-0.3, -0.25) is 0 Å². The van der Waals surface area contributed by atoms with Crippen LogP contribution in [0.2, 0.25) is 5.02 Å². The average molecular weight is 280 g/mol. The van der Waals surface area contributed by atoms with E-state index in [-0.39, 0.29) is 0 Å². The Morgan fingerprint density at radius 2 is 1.80 bits per heavy atom. The Morgan fingerprint density at radius 1 is 0.950 bits per heavy atom. The van der Waals surface area contributed by atoms with Crippen LogP contribution in [-0.4, -0.2) is 4.98 Å². The van der Waals surface area contributed by atoms with Gasteiger partial charge in [-0.15, -0.1) is 0 Å². The number of halogens is 1. The molecule has 1 aromatic heterocycles. The monoisotopic (exact) mass is 279 g/mol. The lowest BCUT2D eigenvalue weighted by Gasteiger charge is -2.00. The summed E-state index contributed by atoms with van der Waals surface area (Å²) in [7, 11) is 0. The van der Waals surface area contributed by atoms with Crippen molar-refractivity contribution in [2.75, 3.05) is 0 Å². The maximum absolute atomic E-state index is 6.00. The van der Waals surface area contributed by atoms with Gasteiger partial charge in [0.2, 0.25) is 0 Å². The number of aryl methyl sites for hydroxylation is 1. The first-order chi connectivity index (χ1) is 9.70. The summed E-state index contributed by atoms with van der Waals surface area (Å²) in [5, 5.41) is 1.81. The third-order valence-corrected chi connectivity index (χ3v) is 3.40. The van der Waals surface area contributed by atoms with E-state index in [1.165, 1.54) is 11.1 Å². The summed E-state index contributed by atoms with van der Waals surface area (Å²) >= 11 is 6.00. The van der Waals surface area contributed by atoms with E-state index in [9.17, 15) is 0 Å². The van der Waals surface area contributed by atoms with Gasteiger partial charge in [0.05, 0.1) is 11.2 Å². The van der Waals surface area contributed by atoms with Crippen molar-refractivity contribution in [2.24, 2.45) is 0 Å². The number of hydrogen-bond acceptors (Lipinski definition) is 1. The molecule has 0 aliphatic rings. The molecule has 2 heteroatoms. The largest absolute Gasteiger partial charge is 0.248 e. The van der Waals surface area contributed by atoms with Crippen LogP contribution in [0.3, 0.4) is 0 Å². The molecule has 0 aliphatic heterocycles. The van der Waals surface area contributed by atoms with Crippen LogP contribution in [0, 0.1) is 6.92 Å². The molecule has 0 N–H and O–H groups in total. The molecule has 0 saturated carbocycles. The van der Waals surface area contributed by atoms with Crippen LogP contribution in [0.15, 0.2) is 54.6 Å². The molecule has 0 amide bonds. The van der Waals surface area contributed by atoms with E-state index in [4.69, 9.17) is 11.6 Å². The summed E-state index contributed by atoms with van der Waals surface area (Å²) in [5.74, 6) is 0. The fourth-order valence-corrected chi connectivity index (χ4v) is 2.32. The Kier molecular flexibility index (Phi) is 3.53. The van der Waals surface area contributed by atoms with Crippen LogP contribution in [0.5, 0.6) is 0 Å². The van der Waals surface area contributed by atoms with E-state index in [0.717, 1.165) is 16.6 Å². The Labute approximate surface area is 123 Å². The standard InChI is InChI=1S/C18H14ClN/c1-13-3-2-4-14(11-13)5-9-17-10-7-15-6-8-16(19)12-18(15)20-17/h2-12H,1H3. The second-order valence-electron chi connectivity index (χ2n) is 4.82. The Morgan fingerprint density at radius 3 is 2.65 bits per heavy atom. The molecule has 98 valence electrons. The van der Waals surface area contributed by atoms with E-state index in [2.05, 4.69) is 48.3 Å². The first kappa shape index (κ1) is 12.9. The minimum absolute atomic E-state index is 0.713. The zero-order chi connectivity index (χ0) is 13.9. The number of rotatable bonds is 2. The third kappa shape index (κ3) is 2.89. The first-order valence-corrected chi connectivity index (χ1v) is 6.89. The van der Waals surface area contributed by atoms with Crippen molar-refractivity contribution in [1.29, 1.82) is 0 Å². The SMILES string of the molecule is Cc1cccc(C=Cc2ccc3ccc(Cl)cc3n2)c1. The van der Waals surface area contributed by atoms with Crippen LogP contribution in [0.25, 0.3) is 23.1 Å². The van der Waals surface area contributed by atoms with Crippen molar-refractivity contribution < 1.29 is 0 Å². The summed E-state index contributed by atoms with van der Waals surface area (Å²) in [4.78, 5) is 4.60. The summed E-state index contributed by atoms with van der Waals surface area (Å²) < 4.78 is 0. The first-order valence-electron chi connectivity index (χ1n) is 6.52. The number of aromatic nitrogens is 1. The molecule has 20 heavy (non-hydrogen) atoms. The maximum atomic E-state index is 6.00. The van der Waals surface area contributed by atoms with Gasteiger partial charge in [-0.1, -0.05) is 59.6 Å². The predicted molar refractivity (Wildman–Crippen MR) is 86.9 cm³/mol. The van der Waals surface area contributed by atoms with Crippen molar-refractivity contribution in [3.8, 4) is 0 Å². The van der Waals surface area contributed by atoms with Gasteiger partial charge in [0.25, 0.3) is 0 Å². The molecule has 3 rings (SSSR count). The lowest BCUT2D eigenvalue weighted by Crippen LogP contribution is -1.83. The minimum Gasteiger partial charge on any atom is -0.248 e. The fraction of sp³-hybridized carbons (Fsp3) is 0.0556. The molecule has 3 aromatic rings. The fourth-order valence-electron chi connectivity index (χ4n) is 2.15. The van der Waals surface area contributed by atoms with E-state index in [0.29, 0.717) is 5.02 Å². The van der Waals surface area contributed by atoms with Crippen LogP contribution < -0.4 is 0 Å². The van der Waals surface area contributed by atoms with Crippen molar-refractivity contribution in [3.05, 3.63) is 76.4 Å². The highest BCUT2D eigenvalue weighted by molar-refractivity contribution is 6.31. The van der Waals surface area contributed by atoms with Gasteiger partial charge >= 0.3 is 0 Å². The molecular formula is C18H14ClN. The average Bonchev–Trinajstić information content (AvgIpc) is 2.45. The lowest BCUT2D eigenvalue weighted by atomic mass is 10.1. The van der Waals surface area contributed by atoms with Gasteiger partial charge in [0.15, 0.2) is 0 Å². The Balaban J connectivity index is 1.94. The zero-order valence-electron chi connectivity index (χ0n) is 11.2. The van der Waals surface area contributed by atoms with Crippen molar-refractivity contribution in [3.63, 3.8) is 0 Å². The predicted octanol–water partition coefficient (Wildman–Crippen LogP) is 5.37. The highest BCUT2D eigenvalue weighted by Gasteiger charge is 1.97. The number of pyridine rings is 1. The van der Waals surface area contributed by atoms with Crippen molar-refractivity contribution in [1.82, 2.24) is 4.98 Å². The van der Waals surface area contributed by atoms with Crippen LogP contribution in [-0.2, 0) is 0 Å². The van der Waals surface area contributed by atoms with Crippen LogP contribution in [0.4, 0.5) is 0 Å². The summed E-state index contributed by atoms with van der Waals surface area (Å²) in [6.45, 7) is 2.09. The molecule has 0 aliphatic carbocycles. The highest BCUT2D eigenvalue weighted by Crippen LogP contribution is 2.19. The molecule has 1 heterocycles. The van der Waals surface area contributed by atoms with E-state index >= 15 is 0 Å². The van der Waals surface area contributed by atoms with Crippen LogP contribution >= 0.6 is 11.6 Å². The zero-order valence-corrected chi connectivity index (χ0v) is 11.9. The van der Waals surface area contributed by atoms with E-state index in [1.807, 2.05) is 30.3 Å². The van der Waals surface area contributed by atoms with Gasteiger partial charge in [-0.25, -0.2) is 4.98 Å². The second-order valence-corrected chi connectivity index (χ2v) is 5.26. The summed E-state index contributed by atoms with van der Waals surface area (Å²) in [6, 6.07) is 18.2. The van der Waals surface area contributed by atoms with Gasteiger partial charge in [-0.05, 0) is 36.8 Å². The molecule has 0 atom stereocenters. The molecule has 2 aromatic carbocycles. The van der Waals surface area contributed by atoms with Gasteiger partial charge in [-0.2, -0.15) is 0 Å². The molecular weight excluding hydrogens is 266 g/mol. The number of nitrogens with zero attached hydrogens (tertiary/aromatic N) is 1. The quantitative estimate of drug-likeness (QED) is 0.615. The molecule has 0 radical (unpaired) electrons. The minimum atomic E-state index is 0.713. The van der Waals surface area contributed by atoms with E-state index < -0.39 is 0 Å². The molecule has 0 bridgehead atoms. The molecule has 0 spiro atoms. The Bertz CT molecular complexity index is 790. The van der Waals surface area contributed by atoms with Gasteiger partial charge in [0, 0.05) is 10.4 Å². The van der Waals surface area contributed by atoms with Gasteiger partial charge in [0.1, 0.15) is 0 Å². The third-order valence-electron chi connectivity index (χ3n) is 3.16. The van der Waals surface area contributed by atoms with Gasteiger partial charge < -0.3 is 0 Å². The lowest BCUT2D eigenvalue weighted by molar-refractivity contribution is 1.37. The smallest absolute Gasteiger partial charge is 0.0724 e. The molecule has 1 nitrogen and oxygen atoms in total. The van der Waals surface area contributed by atoms with Crippen molar-refractivity contribution >= 4 is 34.7 Å². The highest BCUT2D eigenvalue weighted by atomic mass is 35.5. The van der Waals surface area contributed by atoms with Crippen LogP contribution in [0.1, 0.15) is 16.8 Å². The number of hydrogen-bond donors (Lipinski definition) is 0. The normalized spacial score (nSPS) is 11.3.